The fraction of sp³-hybridized carbons (Fsp3) is 0.250. The van der Waals surface area contributed by atoms with Gasteiger partial charge in [0.05, 0.1) is 12.2 Å². The van der Waals surface area contributed by atoms with E-state index in [1.54, 1.807) is 0 Å². The molecular formula is C8H7F4NO. The number of alkyl halides is 3. The highest BCUT2D eigenvalue weighted by Crippen LogP contribution is 2.36. The molecule has 6 heteroatoms. The van der Waals surface area contributed by atoms with Crippen molar-refractivity contribution in [2.24, 2.45) is 0 Å². The van der Waals surface area contributed by atoms with Gasteiger partial charge in [0.1, 0.15) is 5.82 Å². The van der Waals surface area contributed by atoms with Crippen LogP contribution in [0.3, 0.4) is 0 Å². The number of nitrogen functional groups attached to an aromatic ring is 1. The van der Waals surface area contributed by atoms with Crippen LogP contribution in [0.4, 0.5) is 23.2 Å². The van der Waals surface area contributed by atoms with Crippen LogP contribution in [0.25, 0.3) is 0 Å². The van der Waals surface area contributed by atoms with Gasteiger partial charge in [0.15, 0.2) is 0 Å². The lowest BCUT2D eigenvalue weighted by Gasteiger charge is -2.13. The van der Waals surface area contributed by atoms with Crippen molar-refractivity contribution in [1.29, 1.82) is 0 Å². The molecule has 0 heterocycles. The average molecular weight is 209 g/mol. The number of rotatable bonds is 1. The lowest BCUT2D eigenvalue weighted by Crippen LogP contribution is -2.13. The number of halogens is 4. The van der Waals surface area contributed by atoms with Crippen LogP contribution in [0.15, 0.2) is 12.1 Å². The van der Waals surface area contributed by atoms with E-state index in [0.29, 0.717) is 12.1 Å². The van der Waals surface area contributed by atoms with Crippen LogP contribution in [-0.4, -0.2) is 5.11 Å². The van der Waals surface area contributed by atoms with Crippen LogP contribution in [0.5, 0.6) is 0 Å². The van der Waals surface area contributed by atoms with Crippen LogP contribution < -0.4 is 5.73 Å². The predicted molar refractivity (Wildman–Crippen MR) is 41.7 cm³/mol. The molecule has 0 saturated heterocycles. The largest absolute Gasteiger partial charge is 0.418 e. The molecule has 0 aliphatic heterocycles. The zero-order valence-electron chi connectivity index (χ0n) is 6.90. The van der Waals surface area contributed by atoms with E-state index >= 15 is 0 Å². The first-order valence-corrected chi connectivity index (χ1v) is 3.62. The van der Waals surface area contributed by atoms with Gasteiger partial charge in [-0.1, -0.05) is 0 Å². The van der Waals surface area contributed by atoms with Crippen molar-refractivity contribution in [2.45, 2.75) is 12.8 Å². The topological polar surface area (TPSA) is 46.2 Å². The lowest BCUT2D eigenvalue weighted by atomic mass is 10.1. The van der Waals surface area contributed by atoms with Crippen molar-refractivity contribution in [3.05, 3.63) is 29.1 Å². The number of hydrogen-bond acceptors (Lipinski definition) is 2. The van der Waals surface area contributed by atoms with E-state index in [0.717, 1.165) is 0 Å². The van der Waals surface area contributed by atoms with E-state index in [-0.39, 0.29) is 0 Å². The molecule has 0 aliphatic carbocycles. The number of nitrogens with two attached hydrogens (primary N) is 1. The Morgan fingerprint density at radius 1 is 1.29 bits per heavy atom. The Bertz CT molecular complexity index is 348. The van der Waals surface area contributed by atoms with E-state index in [1.807, 2.05) is 0 Å². The minimum Gasteiger partial charge on any atom is -0.398 e. The first-order chi connectivity index (χ1) is 6.36. The molecule has 1 aromatic carbocycles. The van der Waals surface area contributed by atoms with Gasteiger partial charge in [-0.05, 0) is 17.7 Å². The lowest BCUT2D eigenvalue weighted by molar-refractivity contribution is -0.138. The highest BCUT2D eigenvalue weighted by atomic mass is 19.4. The summed E-state index contributed by atoms with van der Waals surface area (Å²) in [6, 6.07) is 1.18. The maximum absolute atomic E-state index is 12.6. The number of anilines is 1. The summed E-state index contributed by atoms with van der Waals surface area (Å²) in [4.78, 5) is 0. The third-order valence-electron chi connectivity index (χ3n) is 1.67. The van der Waals surface area contributed by atoms with Gasteiger partial charge < -0.3 is 10.8 Å². The Morgan fingerprint density at radius 3 is 2.29 bits per heavy atom. The van der Waals surface area contributed by atoms with Crippen molar-refractivity contribution < 1.29 is 22.7 Å². The van der Waals surface area contributed by atoms with Gasteiger partial charge in [0.25, 0.3) is 0 Å². The second-order valence-corrected chi connectivity index (χ2v) is 2.69. The van der Waals surface area contributed by atoms with Gasteiger partial charge in [-0.3, -0.25) is 0 Å². The van der Waals surface area contributed by atoms with E-state index < -0.39 is 35.4 Å². The molecule has 0 bridgehead atoms. The molecule has 0 spiro atoms. The molecule has 3 N–H and O–H groups in total. The maximum Gasteiger partial charge on any atom is 0.418 e. The zero-order valence-corrected chi connectivity index (χ0v) is 6.90. The van der Waals surface area contributed by atoms with Crippen LogP contribution >= 0.6 is 0 Å². The van der Waals surface area contributed by atoms with E-state index in [9.17, 15) is 17.6 Å². The number of aliphatic hydroxyl groups is 1. The first-order valence-electron chi connectivity index (χ1n) is 3.62. The van der Waals surface area contributed by atoms with Gasteiger partial charge in [-0.25, -0.2) is 4.39 Å². The van der Waals surface area contributed by atoms with E-state index in [2.05, 4.69) is 0 Å². The number of aliphatic hydroxyl groups excluding tert-OH is 1. The fourth-order valence-electron chi connectivity index (χ4n) is 1.16. The van der Waals surface area contributed by atoms with Crippen molar-refractivity contribution in [3.63, 3.8) is 0 Å². The quantitative estimate of drug-likeness (QED) is 0.548. The second kappa shape index (κ2) is 3.45. The molecule has 0 radical (unpaired) electrons. The van der Waals surface area contributed by atoms with Crippen LogP contribution in [-0.2, 0) is 12.8 Å². The zero-order chi connectivity index (χ0) is 10.9. The van der Waals surface area contributed by atoms with Crippen molar-refractivity contribution in [3.8, 4) is 0 Å². The summed E-state index contributed by atoms with van der Waals surface area (Å²) in [7, 11) is 0. The Morgan fingerprint density at radius 2 is 1.86 bits per heavy atom. The highest BCUT2D eigenvalue weighted by molar-refractivity contribution is 5.52. The minimum absolute atomic E-state index is 0.560. The van der Waals surface area contributed by atoms with Crippen molar-refractivity contribution >= 4 is 5.69 Å². The summed E-state index contributed by atoms with van der Waals surface area (Å²) < 4.78 is 49.6. The summed E-state index contributed by atoms with van der Waals surface area (Å²) in [5, 5.41) is 8.61. The normalized spacial score (nSPS) is 11.8. The fourth-order valence-corrected chi connectivity index (χ4v) is 1.16. The Kier molecular flexibility index (Phi) is 2.66. The van der Waals surface area contributed by atoms with E-state index in [1.165, 1.54) is 0 Å². The van der Waals surface area contributed by atoms with Gasteiger partial charge in [-0.2, -0.15) is 13.2 Å². The molecule has 1 rings (SSSR count). The van der Waals surface area contributed by atoms with E-state index in [4.69, 9.17) is 10.8 Å². The molecule has 0 saturated carbocycles. The third kappa shape index (κ3) is 1.95. The van der Waals surface area contributed by atoms with Crippen molar-refractivity contribution in [1.82, 2.24) is 0 Å². The standard InChI is InChI=1S/C8H7F4NO/c9-5-1-4(3-14)7(6(13)2-5)8(10,11)12/h1-2,14H,3,13H2. The second-order valence-electron chi connectivity index (χ2n) is 2.69. The van der Waals surface area contributed by atoms with Gasteiger partial charge >= 0.3 is 6.18 Å². The summed E-state index contributed by atoms with van der Waals surface area (Å²) in [6.45, 7) is -0.906. The molecule has 14 heavy (non-hydrogen) atoms. The average Bonchev–Trinajstić information content (AvgIpc) is 1.99. The molecule has 0 aromatic heterocycles. The number of benzene rings is 1. The minimum atomic E-state index is -4.68. The molecule has 1 aromatic rings. The Hall–Kier alpha value is -1.30. The SMILES string of the molecule is Nc1cc(F)cc(CO)c1C(F)(F)F. The Balaban J connectivity index is 3.40. The highest BCUT2D eigenvalue weighted by Gasteiger charge is 2.35. The Labute approximate surface area is 77.0 Å². The van der Waals surface area contributed by atoms with Gasteiger partial charge in [0, 0.05) is 5.69 Å². The summed E-state index contributed by atoms with van der Waals surface area (Å²) in [6.07, 6.45) is -4.68. The number of hydrogen-bond donors (Lipinski definition) is 2. The molecule has 0 atom stereocenters. The van der Waals surface area contributed by atoms with Crippen molar-refractivity contribution in [2.75, 3.05) is 5.73 Å². The molecule has 0 amide bonds. The molecule has 0 fully saturated rings. The predicted octanol–water partition coefficient (Wildman–Crippen LogP) is 1.92. The molecule has 2 nitrogen and oxygen atoms in total. The third-order valence-corrected chi connectivity index (χ3v) is 1.67. The summed E-state index contributed by atoms with van der Waals surface area (Å²) >= 11 is 0. The first kappa shape index (κ1) is 10.8. The van der Waals surface area contributed by atoms with Crippen LogP contribution in [0, 0.1) is 5.82 Å². The summed E-state index contributed by atoms with van der Waals surface area (Å²) in [5.74, 6) is -0.903. The van der Waals surface area contributed by atoms with Gasteiger partial charge in [0.2, 0.25) is 0 Å². The van der Waals surface area contributed by atoms with Crippen LogP contribution in [0.1, 0.15) is 11.1 Å². The molecule has 78 valence electrons. The monoisotopic (exact) mass is 209 g/mol. The molecule has 0 unspecified atom stereocenters. The maximum atomic E-state index is 12.6. The smallest absolute Gasteiger partial charge is 0.398 e. The van der Waals surface area contributed by atoms with Crippen LogP contribution in [0.2, 0.25) is 0 Å². The molecule has 0 aliphatic rings. The molecular weight excluding hydrogens is 202 g/mol. The summed E-state index contributed by atoms with van der Waals surface area (Å²) in [5.41, 5.74) is 2.55. The van der Waals surface area contributed by atoms with Gasteiger partial charge in [-0.15, -0.1) is 0 Å².